The zero-order valence-electron chi connectivity index (χ0n) is 10.9. The highest BCUT2D eigenvalue weighted by Gasteiger charge is 2.34. The molecule has 1 heterocycles. The fraction of sp³-hybridized carbons (Fsp3) is 0.375. The zero-order chi connectivity index (χ0) is 13.4. The molecule has 0 aliphatic carbocycles. The molecule has 3 rings (SSSR count). The molecule has 2 aromatic rings. The molecule has 0 amide bonds. The summed E-state index contributed by atoms with van der Waals surface area (Å²) in [7, 11) is 0. The minimum absolute atomic E-state index is 0.128. The molecular weight excluding hydrogens is 240 g/mol. The monoisotopic (exact) mass is 258 g/mol. The predicted molar refractivity (Wildman–Crippen MR) is 74.0 cm³/mol. The summed E-state index contributed by atoms with van der Waals surface area (Å²) in [5.41, 5.74) is 2.27. The van der Waals surface area contributed by atoms with Gasteiger partial charge in [0.15, 0.2) is 0 Å². The lowest BCUT2D eigenvalue weighted by Crippen LogP contribution is -2.24. The standard InChI is InChI=1S/C16H18O3/c1-10-6-11-4-2-3-5-12(11)7-13(10)15-8-14(18)16(9-17)19-15/h2-7,14-18H,8-9H2,1H3/t14-,15+,16+/m0/s1. The van der Waals surface area contributed by atoms with E-state index in [0.29, 0.717) is 6.42 Å². The lowest BCUT2D eigenvalue weighted by atomic mass is 9.96. The van der Waals surface area contributed by atoms with Crippen LogP contribution in [0.2, 0.25) is 0 Å². The van der Waals surface area contributed by atoms with Crippen LogP contribution in [0, 0.1) is 6.92 Å². The van der Waals surface area contributed by atoms with E-state index >= 15 is 0 Å². The highest BCUT2D eigenvalue weighted by molar-refractivity contribution is 5.84. The molecule has 3 atom stereocenters. The van der Waals surface area contributed by atoms with Crippen molar-refractivity contribution in [3.63, 3.8) is 0 Å². The van der Waals surface area contributed by atoms with Crippen molar-refractivity contribution >= 4 is 10.8 Å². The molecular formula is C16H18O3. The van der Waals surface area contributed by atoms with Crippen molar-refractivity contribution in [2.75, 3.05) is 6.61 Å². The second-order valence-corrected chi connectivity index (χ2v) is 5.20. The Hall–Kier alpha value is -1.42. The molecule has 0 bridgehead atoms. The first-order chi connectivity index (χ1) is 9.19. The summed E-state index contributed by atoms with van der Waals surface area (Å²) in [5, 5.41) is 21.4. The van der Waals surface area contributed by atoms with E-state index in [0.717, 1.165) is 11.1 Å². The van der Waals surface area contributed by atoms with Gasteiger partial charge in [0.1, 0.15) is 6.10 Å². The first-order valence-electron chi connectivity index (χ1n) is 6.62. The van der Waals surface area contributed by atoms with Crippen molar-refractivity contribution in [2.45, 2.75) is 31.7 Å². The number of aliphatic hydroxyl groups is 2. The van der Waals surface area contributed by atoms with Gasteiger partial charge in [-0.25, -0.2) is 0 Å². The maximum atomic E-state index is 9.84. The molecule has 3 heteroatoms. The molecule has 1 aliphatic heterocycles. The summed E-state index contributed by atoms with van der Waals surface area (Å²) in [4.78, 5) is 0. The molecule has 0 aromatic heterocycles. The molecule has 0 radical (unpaired) electrons. The van der Waals surface area contributed by atoms with Crippen molar-refractivity contribution in [1.29, 1.82) is 0 Å². The predicted octanol–water partition coefficient (Wildman–Crippen LogP) is 2.33. The molecule has 0 saturated carbocycles. The van der Waals surface area contributed by atoms with Crippen LogP contribution >= 0.6 is 0 Å². The van der Waals surface area contributed by atoms with Crippen molar-refractivity contribution in [2.24, 2.45) is 0 Å². The minimum atomic E-state index is -0.583. The molecule has 1 aliphatic rings. The van der Waals surface area contributed by atoms with Crippen LogP contribution in [0.25, 0.3) is 10.8 Å². The maximum absolute atomic E-state index is 9.84. The van der Waals surface area contributed by atoms with Crippen LogP contribution in [-0.2, 0) is 4.74 Å². The number of fused-ring (bicyclic) bond motifs is 1. The number of ether oxygens (including phenoxy) is 1. The molecule has 2 aromatic carbocycles. The van der Waals surface area contributed by atoms with Crippen LogP contribution < -0.4 is 0 Å². The number of hydrogen-bond donors (Lipinski definition) is 2. The van der Waals surface area contributed by atoms with Crippen LogP contribution in [-0.4, -0.2) is 29.0 Å². The van der Waals surface area contributed by atoms with Crippen LogP contribution in [0.4, 0.5) is 0 Å². The van der Waals surface area contributed by atoms with Crippen molar-refractivity contribution in [3.05, 3.63) is 47.5 Å². The van der Waals surface area contributed by atoms with E-state index in [4.69, 9.17) is 9.84 Å². The Balaban J connectivity index is 1.99. The summed E-state index contributed by atoms with van der Waals surface area (Å²) >= 11 is 0. The Morgan fingerprint density at radius 1 is 1.21 bits per heavy atom. The van der Waals surface area contributed by atoms with Gasteiger partial charge in [-0.1, -0.05) is 30.3 Å². The average molecular weight is 258 g/mol. The molecule has 2 N–H and O–H groups in total. The van der Waals surface area contributed by atoms with Crippen LogP contribution in [0.1, 0.15) is 23.7 Å². The zero-order valence-corrected chi connectivity index (χ0v) is 10.9. The van der Waals surface area contributed by atoms with Gasteiger partial charge >= 0.3 is 0 Å². The summed E-state index contributed by atoms with van der Waals surface area (Å²) in [6.45, 7) is 1.92. The lowest BCUT2D eigenvalue weighted by Gasteiger charge is -2.15. The fourth-order valence-corrected chi connectivity index (χ4v) is 2.81. The number of aliphatic hydroxyl groups excluding tert-OH is 2. The SMILES string of the molecule is Cc1cc2ccccc2cc1[C@H]1C[C@H](O)[C@@H](CO)O1. The third-order valence-electron chi connectivity index (χ3n) is 3.88. The van der Waals surface area contributed by atoms with E-state index in [1.807, 2.05) is 12.1 Å². The first kappa shape index (κ1) is 12.6. The second kappa shape index (κ2) is 4.93. The minimum Gasteiger partial charge on any atom is -0.394 e. The lowest BCUT2D eigenvalue weighted by molar-refractivity contribution is -0.0226. The van der Waals surface area contributed by atoms with Gasteiger partial charge < -0.3 is 14.9 Å². The topological polar surface area (TPSA) is 49.7 Å². The van der Waals surface area contributed by atoms with Gasteiger partial charge in [-0.2, -0.15) is 0 Å². The number of aryl methyl sites for hydroxylation is 1. The van der Waals surface area contributed by atoms with Gasteiger partial charge in [0.2, 0.25) is 0 Å². The van der Waals surface area contributed by atoms with Crippen molar-refractivity contribution in [3.8, 4) is 0 Å². The Labute approximate surface area is 112 Å². The van der Waals surface area contributed by atoms with Crippen LogP contribution in [0.15, 0.2) is 36.4 Å². The van der Waals surface area contributed by atoms with Gasteiger partial charge in [0.25, 0.3) is 0 Å². The van der Waals surface area contributed by atoms with Crippen LogP contribution in [0.3, 0.4) is 0 Å². The molecule has 1 fully saturated rings. The molecule has 0 unspecified atom stereocenters. The third kappa shape index (κ3) is 2.25. The summed E-state index contributed by atoms with van der Waals surface area (Å²) in [6, 6.07) is 12.5. The quantitative estimate of drug-likeness (QED) is 0.869. The van der Waals surface area contributed by atoms with E-state index in [-0.39, 0.29) is 12.7 Å². The highest BCUT2D eigenvalue weighted by atomic mass is 16.5. The highest BCUT2D eigenvalue weighted by Crippen LogP contribution is 2.36. The summed E-state index contributed by atoms with van der Waals surface area (Å²) in [6.07, 6.45) is -0.627. The van der Waals surface area contributed by atoms with E-state index in [2.05, 4.69) is 31.2 Å². The van der Waals surface area contributed by atoms with Gasteiger partial charge in [0.05, 0.1) is 18.8 Å². The number of hydrogen-bond acceptors (Lipinski definition) is 3. The Morgan fingerprint density at radius 3 is 2.53 bits per heavy atom. The van der Waals surface area contributed by atoms with Crippen LogP contribution in [0.5, 0.6) is 0 Å². The number of rotatable bonds is 2. The summed E-state index contributed by atoms with van der Waals surface area (Å²) in [5.74, 6) is 0. The second-order valence-electron chi connectivity index (χ2n) is 5.20. The van der Waals surface area contributed by atoms with E-state index in [1.54, 1.807) is 0 Å². The summed E-state index contributed by atoms with van der Waals surface area (Å²) < 4.78 is 5.74. The van der Waals surface area contributed by atoms with Gasteiger partial charge in [0, 0.05) is 6.42 Å². The smallest absolute Gasteiger partial charge is 0.107 e. The van der Waals surface area contributed by atoms with E-state index < -0.39 is 12.2 Å². The van der Waals surface area contributed by atoms with Gasteiger partial charge in [-0.15, -0.1) is 0 Å². The number of benzene rings is 2. The Bertz CT molecular complexity index is 594. The molecule has 100 valence electrons. The largest absolute Gasteiger partial charge is 0.394 e. The third-order valence-corrected chi connectivity index (χ3v) is 3.88. The first-order valence-corrected chi connectivity index (χ1v) is 6.62. The Kier molecular flexibility index (Phi) is 3.27. The molecule has 0 spiro atoms. The average Bonchev–Trinajstić information content (AvgIpc) is 2.79. The normalized spacial score (nSPS) is 27.0. The van der Waals surface area contributed by atoms with Gasteiger partial charge in [-0.3, -0.25) is 0 Å². The van der Waals surface area contributed by atoms with E-state index in [1.165, 1.54) is 10.8 Å². The molecule has 3 nitrogen and oxygen atoms in total. The van der Waals surface area contributed by atoms with Gasteiger partial charge in [-0.05, 0) is 34.9 Å². The molecule has 19 heavy (non-hydrogen) atoms. The molecule has 1 saturated heterocycles. The van der Waals surface area contributed by atoms with E-state index in [9.17, 15) is 5.11 Å². The van der Waals surface area contributed by atoms with Crippen molar-refractivity contribution < 1.29 is 14.9 Å². The maximum Gasteiger partial charge on any atom is 0.107 e. The fourth-order valence-electron chi connectivity index (χ4n) is 2.81. The Morgan fingerprint density at radius 2 is 1.89 bits per heavy atom. The van der Waals surface area contributed by atoms with Crippen molar-refractivity contribution in [1.82, 2.24) is 0 Å².